The molecule has 37 heavy (non-hydrogen) atoms. The second-order valence-electron chi connectivity index (χ2n) is 8.43. The highest BCUT2D eigenvalue weighted by Gasteiger charge is 2.20. The Morgan fingerprint density at radius 3 is 2.35 bits per heavy atom. The van der Waals surface area contributed by atoms with Crippen LogP contribution in [0, 0.1) is 0 Å². The molecule has 0 bridgehead atoms. The van der Waals surface area contributed by atoms with Crippen molar-refractivity contribution in [1.29, 1.82) is 0 Å². The number of esters is 1. The molecule has 1 heterocycles. The van der Waals surface area contributed by atoms with Gasteiger partial charge in [0, 0.05) is 38.3 Å². The summed E-state index contributed by atoms with van der Waals surface area (Å²) in [5.74, 6) is 0.0944. The van der Waals surface area contributed by atoms with Crippen LogP contribution in [0.15, 0.2) is 97.2 Å². The third-order valence-electron chi connectivity index (χ3n) is 5.63. The van der Waals surface area contributed by atoms with Crippen molar-refractivity contribution >= 4 is 23.5 Å². The van der Waals surface area contributed by atoms with Crippen LogP contribution in [0.5, 0.6) is 11.5 Å². The highest BCUT2D eigenvalue weighted by Crippen LogP contribution is 2.30. The summed E-state index contributed by atoms with van der Waals surface area (Å²) < 4.78 is 11.4. The molecule has 7 heteroatoms. The smallest absolute Gasteiger partial charge is 0.308 e. The maximum Gasteiger partial charge on any atom is 0.308 e. The lowest BCUT2D eigenvalue weighted by Crippen LogP contribution is -2.33. The molecule has 1 amide bonds. The Morgan fingerprint density at radius 1 is 0.865 bits per heavy atom. The number of rotatable bonds is 10. The van der Waals surface area contributed by atoms with Crippen molar-refractivity contribution in [1.82, 2.24) is 9.88 Å². The van der Waals surface area contributed by atoms with Crippen molar-refractivity contribution in [3.05, 3.63) is 125 Å². The summed E-state index contributed by atoms with van der Waals surface area (Å²) in [5, 5.41) is 0.389. The first-order chi connectivity index (χ1) is 18.0. The van der Waals surface area contributed by atoms with E-state index in [2.05, 4.69) is 4.98 Å². The summed E-state index contributed by atoms with van der Waals surface area (Å²) in [6.45, 7) is 2.38. The Balaban J connectivity index is 1.57. The fourth-order valence-corrected chi connectivity index (χ4v) is 4.03. The Kier molecular flexibility index (Phi) is 8.89. The van der Waals surface area contributed by atoms with Crippen LogP contribution in [0.2, 0.25) is 5.02 Å². The number of nitrogens with zero attached hydrogens (tertiary/aromatic N) is 2. The highest BCUT2D eigenvalue weighted by molar-refractivity contribution is 6.33. The van der Waals surface area contributed by atoms with E-state index in [1.807, 2.05) is 54.6 Å². The van der Waals surface area contributed by atoms with Gasteiger partial charge >= 0.3 is 5.97 Å². The predicted molar refractivity (Wildman–Crippen MR) is 143 cm³/mol. The fraction of sp³-hybridized carbons (Fsp3) is 0.167. The number of hydrogen-bond donors (Lipinski definition) is 0. The maximum atomic E-state index is 13.5. The predicted octanol–water partition coefficient (Wildman–Crippen LogP) is 6.12. The average Bonchev–Trinajstić information content (AvgIpc) is 2.91. The number of aromatic nitrogens is 1. The first kappa shape index (κ1) is 25.9. The van der Waals surface area contributed by atoms with Crippen molar-refractivity contribution in [2.75, 3.05) is 6.54 Å². The summed E-state index contributed by atoms with van der Waals surface area (Å²) in [7, 11) is 0. The SMILES string of the molecule is CC(=O)Oc1cc(CN(CCc2ccccn2)C(=O)c2ccccc2Cl)ccc1OCc1ccccc1. The minimum atomic E-state index is -0.458. The van der Waals surface area contributed by atoms with Gasteiger partial charge in [0.05, 0.1) is 10.6 Å². The topological polar surface area (TPSA) is 68.7 Å². The van der Waals surface area contributed by atoms with Gasteiger partial charge in [0.1, 0.15) is 6.61 Å². The van der Waals surface area contributed by atoms with Crippen LogP contribution < -0.4 is 9.47 Å². The quantitative estimate of drug-likeness (QED) is 0.188. The zero-order chi connectivity index (χ0) is 26.0. The number of ether oxygens (including phenoxy) is 2. The van der Waals surface area contributed by atoms with Crippen LogP contribution in [0.3, 0.4) is 0 Å². The Hall–Kier alpha value is -4.16. The molecule has 0 saturated heterocycles. The minimum Gasteiger partial charge on any atom is -0.485 e. The molecule has 0 atom stereocenters. The third-order valence-corrected chi connectivity index (χ3v) is 5.96. The zero-order valence-corrected chi connectivity index (χ0v) is 21.2. The highest BCUT2D eigenvalue weighted by atomic mass is 35.5. The van der Waals surface area contributed by atoms with Crippen molar-refractivity contribution in [2.24, 2.45) is 0 Å². The molecule has 0 aliphatic carbocycles. The van der Waals surface area contributed by atoms with E-state index in [0.29, 0.717) is 41.7 Å². The molecule has 0 saturated carbocycles. The van der Waals surface area contributed by atoms with Gasteiger partial charge in [0.25, 0.3) is 5.91 Å². The monoisotopic (exact) mass is 514 g/mol. The van der Waals surface area contributed by atoms with Crippen LogP contribution in [0.4, 0.5) is 0 Å². The van der Waals surface area contributed by atoms with E-state index in [1.165, 1.54) is 6.92 Å². The fourth-order valence-electron chi connectivity index (χ4n) is 3.81. The van der Waals surface area contributed by atoms with E-state index in [-0.39, 0.29) is 12.5 Å². The minimum absolute atomic E-state index is 0.194. The molecule has 0 aliphatic heterocycles. The summed E-state index contributed by atoms with van der Waals surface area (Å²) in [6.07, 6.45) is 2.31. The molecule has 0 aliphatic rings. The third kappa shape index (κ3) is 7.41. The van der Waals surface area contributed by atoms with Gasteiger partial charge in [0.2, 0.25) is 0 Å². The lowest BCUT2D eigenvalue weighted by molar-refractivity contribution is -0.132. The molecular formula is C30H27ClN2O4. The van der Waals surface area contributed by atoms with Gasteiger partial charge in [0.15, 0.2) is 11.5 Å². The van der Waals surface area contributed by atoms with E-state index in [1.54, 1.807) is 47.5 Å². The van der Waals surface area contributed by atoms with Crippen LogP contribution in [0.25, 0.3) is 0 Å². The number of halogens is 1. The van der Waals surface area contributed by atoms with Crippen molar-refractivity contribution < 1.29 is 19.1 Å². The summed E-state index contributed by atoms with van der Waals surface area (Å²) in [4.78, 5) is 31.4. The average molecular weight is 515 g/mol. The molecule has 0 N–H and O–H groups in total. The number of carbonyl (C=O) groups is 2. The van der Waals surface area contributed by atoms with E-state index < -0.39 is 5.97 Å². The molecule has 0 fully saturated rings. The molecule has 1 aromatic heterocycles. The summed E-state index contributed by atoms with van der Waals surface area (Å²) >= 11 is 6.34. The largest absolute Gasteiger partial charge is 0.485 e. The van der Waals surface area contributed by atoms with Crippen molar-refractivity contribution in [3.63, 3.8) is 0 Å². The molecule has 6 nitrogen and oxygen atoms in total. The second-order valence-corrected chi connectivity index (χ2v) is 8.83. The van der Waals surface area contributed by atoms with Crippen molar-refractivity contribution in [3.8, 4) is 11.5 Å². The van der Waals surface area contributed by atoms with Crippen molar-refractivity contribution in [2.45, 2.75) is 26.5 Å². The zero-order valence-electron chi connectivity index (χ0n) is 20.5. The van der Waals surface area contributed by atoms with Crippen LogP contribution in [0.1, 0.15) is 34.1 Å². The summed E-state index contributed by atoms with van der Waals surface area (Å²) in [6, 6.07) is 27.8. The molecule has 0 radical (unpaired) electrons. The molecule has 3 aromatic carbocycles. The number of pyridine rings is 1. The van der Waals surface area contributed by atoms with Crippen LogP contribution in [-0.4, -0.2) is 28.3 Å². The van der Waals surface area contributed by atoms with Crippen LogP contribution >= 0.6 is 11.6 Å². The van der Waals surface area contributed by atoms with Gasteiger partial charge in [-0.15, -0.1) is 0 Å². The van der Waals surface area contributed by atoms with E-state index in [0.717, 1.165) is 16.8 Å². The Morgan fingerprint density at radius 2 is 1.62 bits per heavy atom. The van der Waals surface area contributed by atoms with Gasteiger partial charge in [-0.05, 0) is 47.5 Å². The molecule has 0 unspecified atom stereocenters. The molecule has 188 valence electrons. The van der Waals surface area contributed by atoms with E-state index in [4.69, 9.17) is 21.1 Å². The number of benzene rings is 3. The lowest BCUT2D eigenvalue weighted by atomic mass is 10.1. The molecule has 4 aromatic rings. The number of hydrogen-bond acceptors (Lipinski definition) is 5. The number of amides is 1. The van der Waals surface area contributed by atoms with E-state index >= 15 is 0 Å². The normalized spacial score (nSPS) is 10.5. The van der Waals surface area contributed by atoms with Gasteiger partial charge < -0.3 is 14.4 Å². The first-order valence-corrected chi connectivity index (χ1v) is 12.3. The van der Waals surface area contributed by atoms with Gasteiger partial charge in [-0.25, -0.2) is 0 Å². The molecular weight excluding hydrogens is 488 g/mol. The standard InChI is InChI=1S/C30H27ClN2O4/c1-22(34)37-29-19-24(14-15-28(29)36-21-23-9-3-2-4-10-23)20-33(18-16-25-11-7-8-17-32-25)30(35)26-12-5-6-13-27(26)31/h2-15,17,19H,16,18,20-21H2,1H3. The molecule has 0 spiro atoms. The van der Waals surface area contributed by atoms with Crippen LogP contribution in [-0.2, 0) is 24.4 Å². The number of carbonyl (C=O) groups excluding carboxylic acids is 2. The van der Waals surface area contributed by atoms with Gasteiger partial charge in [-0.2, -0.15) is 0 Å². The van der Waals surface area contributed by atoms with Gasteiger partial charge in [-0.3, -0.25) is 14.6 Å². The Labute approximate surface area is 221 Å². The van der Waals surface area contributed by atoms with Gasteiger partial charge in [-0.1, -0.05) is 66.2 Å². The Bertz CT molecular complexity index is 1350. The maximum absolute atomic E-state index is 13.5. The van der Waals surface area contributed by atoms with E-state index in [9.17, 15) is 9.59 Å². The first-order valence-electron chi connectivity index (χ1n) is 11.9. The summed E-state index contributed by atoms with van der Waals surface area (Å²) in [5.41, 5.74) is 3.08. The lowest BCUT2D eigenvalue weighted by Gasteiger charge is -2.24. The molecule has 4 rings (SSSR count). The second kappa shape index (κ2) is 12.7.